The van der Waals surface area contributed by atoms with E-state index in [4.69, 9.17) is 9.26 Å². The summed E-state index contributed by atoms with van der Waals surface area (Å²) in [6.45, 7) is 2.41. The summed E-state index contributed by atoms with van der Waals surface area (Å²) in [5, 5.41) is 0. The second kappa shape index (κ2) is 8.01. The highest BCUT2D eigenvalue weighted by Gasteiger charge is 2.30. The van der Waals surface area contributed by atoms with Crippen molar-refractivity contribution >= 4 is 13.2 Å². The molecule has 4 nitrogen and oxygen atoms in total. The van der Waals surface area contributed by atoms with Gasteiger partial charge in [0, 0.05) is 5.82 Å². The van der Waals surface area contributed by atoms with Gasteiger partial charge in [0.15, 0.2) is 0 Å². The first kappa shape index (κ1) is 17.9. The lowest BCUT2D eigenvalue weighted by Gasteiger charge is -2.13. The molecule has 0 bridgehead atoms. The van der Waals surface area contributed by atoms with Gasteiger partial charge in [0.1, 0.15) is 12.4 Å². The minimum Gasteiger partial charge on any atom is -0.489 e. The van der Waals surface area contributed by atoms with Gasteiger partial charge in [0.2, 0.25) is 0 Å². The molecule has 2 aromatic rings. The molecule has 0 aliphatic heterocycles. The first-order valence-corrected chi connectivity index (χ1v) is 10.2. The molecule has 0 aromatic heterocycles. The summed E-state index contributed by atoms with van der Waals surface area (Å²) in [7, 11) is -3.71. The molecule has 1 atom stereocenters. The second-order valence-corrected chi connectivity index (χ2v) is 7.79. The van der Waals surface area contributed by atoms with E-state index in [1.165, 1.54) is 5.82 Å². The van der Waals surface area contributed by atoms with E-state index in [9.17, 15) is 9.46 Å². The molecule has 1 unspecified atom stereocenters. The predicted molar refractivity (Wildman–Crippen MR) is 99.4 cm³/mol. The molecule has 132 valence electrons. The third-order valence-electron chi connectivity index (χ3n) is 4.05. The van der Waals surface area contributed by atoms with Crippen LogP contribution in [0.3, 0.4) is 0 Å². The highest BCUT2D eigenvalue weighted by molar-refractivity contribution is 7.56. The van der Waals surface area contributed by atoms with E-state index >= 15 is 0 Å². The van der Waals surface area contributed by atoms with Crippen LogP contribution in [0.25, 0.3) is 5.57 Å². The average molecular weight is 358 g/mol. The third-order valence-corrected chi connectivity index (χ3v) is 5.28. The van der Waals surface area contributed by atoms with Gasteiger partial charge in [-0.2, -0.15) is 0 Å². The van der Waals surface area contributed by atoms with Crippen LogP contribution in [0.15, 0.2) is 60.4 Å². The van der Waals surface area contributed by atoms with Gasteiger partial charge in [0.05, 0.1) is 6.61 Å². The Balaban J connectivity index is 1.79. The van der Waals surface area contributed by atoms with Gasteiger partial charge in [-0.1, -0.05) is 42.5 Å². The van der Waals surface area contributed by atoms with Gasteiger partial charge >= 0.3 is 7.60 Å². The zero-order valence-corrected chi connectivity index (χ0v) is 15.2. The SMILES string of the molecule is CCOP(=O)(O)/C=C(/c1cccc(OCc2ccccc2)c1)C1CC1. The van der Waals surface area contributed by atoms with Gasteiger partial charge in [-0.05, 0) is 54.5 Å². The van der Waals surface area contributed by atoms with Crippen molar-refractivity contribution in [3.8, 4) is 5.75 Å². The van der Waals surface area contributed by atoms with Gasteiger partial charge in [-0.3, -0.25) is 4.57 Å². The molecule has 0 saturated heterocycles. The van der Waals surface area contributed by atoms with Gasteiger partial charge in [-0.25, -0.2) is 0 Å². The van der Waals surface area contributed by atoms with Crippen LogP contribution in [0.4, 0.5) is 0 Å². The largest absolute Gasteiger partial charge is 0.489 e. The van der Waals surface area contributed by atoms with E-state index in [1.54, 1.807) is 6.92 Å². The standard InChI is InChI=1S/C20H23O4P/c1-2-24-25(21,22)15-20(17-11-12-17)18-9-6-10-19(13-18)23-14-16-7-4-3-5-8-16/h3-10,13,15,17H,2,11-12,14H2,1H3,(H,21,22)/b20-15+. The molecule has 1 fully saturated rings. The third kappa shape index (κ3) is 5.30. The second-order valence-electron chi connectivity index (χ2n) is 6.14. The fourth-order valence-electron chi connectivity index (χ4n) is 2.71. The molecule has 0 heterocycles. The Labute approximate surface area is 148 Å². The Kier molecular flexibility index (Phi) is 5.74. The van der Waals surface area contributed by atoms with Gasteiger partial charge < -0.3 is 14.2 Å². The van der Waals surface area contributed by atoms with Crippen molar-refractivity contribution in [2.24, 2.45) is 5.92 Å². The molecule has 5 heteroatoms. The van der Waals surface area contributed by atoms with Gasteiger partial charge in [-0.15, -0.1) is 0 Å². The normalized spacial score (nSPS) is 17.1. The Morgan fingerprint density at radius 1 is 1.20 bits per heavy atom. The molecule has 3 rings (SSSR count). The highest BCUT2D eigenvalue weighted by atomic mass is 31.2. The van der Waals surface area contributed by atoms with Crippen molar-refractivity contribution in [2.45, 2.75) is 26.4 Å². The van der Waals surface area contributed by atoms with E-state index in [0.717, 1.165) is 35.3 Å². The van der Waals surface area contributed by atoms with E-state index in [0.29, 0.717) is 12.5 Å². The summed E-state index contributed by atoms with van der Waals surface area (Å²) in [6.07, 6.45) is 2.07. The molecule has 1 aliphatic carbocycles. The van der Waals surface area contributed by atoms with Crippen LogP contribution in [0.5, 0.6) is 5.75 Å². The maximum Gasteiger partial charge on any atom is 0.351 e. The molecular weight excluding hydrogens is 335 g/mol. The van der Waals surface area contributed by atoms with Crippen LogP contribution in [0, 0.1) is 5.92 Å². The lowest BCUT2D eigenvalue weighted by Crippen LogP contribution is -1.96. The van der Waals surface area contributed by atoms with Crippen LogP contribution in [0.2, 0.25) is 0 Å². The van der Waals surface area contributed by atoms with Crippen molar-refractivity contribution in [3.05, 3.63) is 71.5 Å². The molecule has 1 N–H and O–H groups in total. The Morgan fingerprint density at radius 3 is 2.64 bits per heavy atom. The molecule has 25 heavy (non-hydrogen) atoms. The first-order chi connectivity index (χ1) is 12.1. The van der Waals surface area contributed by atoms with Crippen molar-refractivity contribution < 1.29 is 18.7 Å². The summed E-state index contributed by atoms with van der Waals surface area (Å²) < 4.78 is 23.0. The van der Waals surface area contributed by atoms with Gasteiger partial charge in [0.25, 0.3) is 0 Å². The fourth-order valence-corrected chi connectivity index (χ4v) is 3.87. The number of hydrogen-bond acceptors (Lipinski definition) is 3. The van der Waals surface area contributed by atoms with E-state index in [2.05, 4.69) is 0 Å². The van der Waals surface area contributed by atoms with Crippen molar-refractivity contribution in [1.82, 2.24) is 0 Å². The Morgan fingerprint density at radius 2 is 1.96 bits per heavy atom. The Bertz CT molecular complexity index is 781. The Hall–Kier alpha value is -1.87. The number of hydrogen-bond donors (Lipinski definition) is 1. The maximum atomic E-state index is 12.2. The van der Waals surface area contributed by atoms with Crippen molar-refractivity contribution in [2.75, 3.05) is 6.61 Å². The number of allylic oxidation sites excluding steroid dienone is 1. The van der Waals surface area contributed by atoms with E-state index in [1.807, 2.05) is 54.6 Å². The molecular formula is C20H23O4P. The summed E-state index contributed by atoms with van der Waals surface area (Å²) in [6, 6.07) is 17.7. The van der Waals surface area contributed by atoms with Crippen molar-refractivity contribution in [1.29, 1.82) is 0 Å². The molecule has 2 aromatic carbocycles. The summed E-state index contributed by atoms with van der Waals surface area (Å²) >= 11 is 0. The minimum absolute atomic E-state index is 0.211. The fraction of sp³-hybridized carbons (Fsp3) is 0.300. The molecule has 1 saturated carbocycles. The molecule has 0 spiro atoms. The zero-order valence-electron chi connectivity index (χ0n) is 14.3. The molecule has 1 aliphatic rings. The number of rotatable bonds is 8. The number of ether oxygens (including phenoxy) is 1. The maximum absolute atomic E-state index is 12.2. The predicted octanol–water partition coefficient (Wildman–Crippen LogP) is 5.24. The minimum atomic E-state index is -3.71. The van der Waals surface area contributed by atoms with E-state index in [-0.39, 0.29) is 6.61 Å². The van der Waals surface area contributed by atoms with Crippen LogP contribution in [-0.2, 0) is 15.7 Å². The number of benzene rings is 2. The molecule has 0 amide bonds. The smallest absolute Gasteiger partial charge is 0.351 e. The zero-order chi connectivity index (χ0) is 17.7. The summed E-state index contributed by atoms with van der Waals surface area (Å²) in [5.74, 6) is 2.48. The molecule has 0 radical (unpaired) electrons. The monoisotopic (exact) mass is 358 g/mol. The first-order valence-electron chi connectivity index (χ1n) is 8.54. The van der Waals surface area contributed by atoms with Crippen molar-refractivity contribution in [3.63, 3.8) is 0 Å². The quantitative estimate of drug-likeness (QED) is 0.656. The van der Waals surface area contributed by atoms with E-state index < -0.39 is 7.60 Å². The average Bonchev–Trinajstić information content (AvgIpc) is 3.44. The topological polar surface area (TPSA) is 55.8 Å². The highest BCUT2D eigenvalue weighted by Crippen LogP contribution is 2.51. The van der Waals surface area contributed by atoms with Crippen LogP contribution in [-0.4, -0.2) is 11.5 Å². The lowest BCUT2D eigenvalue weighted by molar-refractivity contribution is 0.283. The summed E-state index contributed by atoms with van der Waals surface area (Å²) in [5.41, 5.74) is 2.90. The summed E-state index contributed by atoms with van der Waals surface area (Å²) in [4.78, 5) is 9.97. The lowest BCUT2D eigenvalue weighted by atomic mass is 10.0. The van der Waals surface area contributed by atoms with Crippen LogP contribution in [0.1, 0.15) is 30.9 Å². The van der Waals surface area contributed by atoms with Crippen LogP contribution < -0.4 is 4.74 Å². The van der Waals surface area contributed by atoms with Crippen LogP contribution >= 0.6 is 7.60 Å².